The highest BCUT2D eigenvalue weighted by atomic mass is 19.4. The average Bonchev–Trinajstić information content (AvgIpc) is 2.94. The summed E-state index contributed by atoms with van der Waals surface area (Å²) in [6.45, 7) is 3.37. The molecular formula is C28H23F5N4O4. The van der Waals surface area contributed by atoms with Crippen LogP contribution in [-0.4, -0.2) is 59.1 Å². The molecule has 1 amide bonds. The van der Waals surface area contributed by atoms with Crippen molar-refractivity contribution in [1.29, 1.82) is 0 Å². The second kappa shape index (κ2) is 11.3. The second-order valence-corrected chi connectivity index (χ2v) is 9.26. The van der Waals surface area contributed by atoms with E-state index in [1.165, 1.54) is 42.5 Å². The zero-order valence-electron chi connectivity index (χ0n) is 21.5. The van der Waals surface area contributed by atoms with Crippen LogP contribution in [0.1, 0.15) is 6.92 Å². The lowest BCUT2D eigenvalue weighted by molar-refractivity contribution is -0.274. The number of nitrogens with one attached hydrogen (secondary N) is 1. The van der Waals surface area contributed by atoms with Crippen LogP contribution >= 0.6 is 0 Å². The van der Waals surface area contributed by atoms with Crippen LogP contribution < -0.4 is 15.6 Å². The van der Waals surface area contributed by atoms with E-state index in [1.54, 1.807) is 6.92 Å². The van der Waals surface area contributed by atoms with Gasteiger partial charge in [-0.3, -0.25) is 19.1 Å². The van der Waals surface area contributed by atoms with Crippen molar-refractivity contribution in [2.45, 2.75) is 19.3 Å². The standard InChI is InChI=1S/C28H23F5N4O4/c1-16(36-10-12-40-13-11-36)26(38)35-22-14-17(6-9-23(22)41-28(31,32)33)37-15-34-25-20(27(37)39)8-7-19(24(25)30)18-4-2-3-5-21(18)29/h2-9,14-16H,10-13H2,1H3,(H,35,38). The first-order valence-corrected chi connectivity index (χ1v) is 12.5. The van der Waals surface area contributed by atoms with Crippen LogP contribution in [0.15, 0.2) is 65.7 Å². The smallest absolute Gasteiger partial charge is 0.404 e. The molecule has 4 aromatic rings. The molecule has 1 aliphatic rings. The number of anilines is 1. The number of carbonyl (C=O) groups is 1. The summed E-state index contributed by atoms with van der Waals surface area (Å²) in [4.78, 5) is 32.1. The fraction of sp³-hybridized carbons (Fsp3) is 0.250. The summed E-state index contributed by atoms with van der Waals surface area (Å²) in [5.74, 6) is -2.84. The first-order chi connectivity index (χ1) is 19.5. The Kier molecular flexibility index (Phi) is 7.74. The van der Waals surface area contributed by atoms with Crippen molar-refractivity contribution in [3.8, 4) is 22.6 Å². The van der Waals surface area contributed by atoms with Gasteiger partial charge in [0.1, 0.15) is 17.7 Å². The Hall–Kier alpha value is -4.36. The van der Waals surface area contributed by atoms with Crippen molar-refractivity contribution in [2.24, 2.45) is 0 Å². The van der Waals surface area contributed by atoms with Crippen LogP contribution in [0.5, 0.6) is 5.75 Å². The average molecular weight is 575 g/mol. The zero-order chi connectivity index (χ0) is 29.3. The van der Waals surface area contributed by atoms with Gasteiger partial charge in [0.25, 0.3) is 5.56 Å². The van der Waals surface area contributed by atoms with Crippen molar-refractivity contribution in [3.05, 3.63) is 82.9 Å². The molecule has 1 N–H and O–H groups in total. The van der Waals surface area contributed by atoms with Gasteiger partial charge in [0, 0.05) is 24.2 Å². The number of nitrogens with zero attached hydrogens (tertiary/aromatic N) is 3. The minimum absolute atomic E-state index is 0.00942. The molecule has 1 aromatic heterocycles. The van der Waals surface area contributed by atoms with E-state index in [9.17, 15) is 27.2 Å². The summed E-state index contributed by atoms with van der Waals surface area (Å²) in [6.07, 6.45) is -4.05. The minimum Gasteiger partial charge on any atom is -0.404 e. The predicted octanol–water partition coefficient (Wildman–Crippen LogP) is 4.89. The molecule has 8 nitrogen and oxygen atoms in total. The number of benzene rings is 3. The number of aromatic nitrogens is 2. The Balaban J connectivity index is 1.53. The number of fused-ring (bicyclic) bond motifs is 1. The van der Waals surface area contributed by atoms with Crippen molar-refractivity contribution in [1.82, 2.24) is 14.5 Å². The van der Waals surface area contributed by atoms with Crippen molar-refractivity contribution in [3.63, 3.8) is 0 Å². The van der Waals surface area contributed by atoms with Crippen LogP contribution in [0.3, 0.4) is 0 Å². The molecule has 1 aliphatic heterocycles. The molecule has 0 spiro atoms. The van der Waals surface area contributed by atoms with Gasteiger partial charge >= 0.3 is 6.36 Å². The largest absolute Gasteiger partial charge is 0.573 e. The van der Waals surface area contributed by atoms with Gasteiger partial charge in [0.15, 0.2) is 11.6 Å². The number of carbonyl (C=O) groups excluding carboxylic acids is 1. The Labute approximate surface area is 229 Å². The number of alkyl halides is 3. The van der Waals surface area contributed by atoms with E-state index in [0.29, 0.717) is 26.3 Å². The summed E-state index contributed by atoms with van der Waals surface area (Å²) in [5, 5.41) is 2.31. The minimum atomic E-state index is -5.05. The first kappa shape index (κ1) is 28.2. The van der Waals surface area contributed by atoms with Gasteiger partial charge in [0.2, 0.25) is 5.91 Å². The van der Waals surface area contributed by atoms with E-state index >= 15 is 4.39 Å². The van der Waals surface area contributed by atoms with Crippen molar-refractivity contribution < 1.29 is 36.2 Å². The zero-order valence-corrected chi connectivity index (χ0v) is 21.5. The Morgan fingerprint density at radius 2 is 1.78 bits per heavy atom. The molecule has 214 valence electrons. The fourth-order valence-corrected chi connectivity index (χ4v) is 4.58. The number of ether oxygens (including phenoxy) is 2. The van der Waals surface area contributed by atoms with Crippen LogP contribution in [0.2, 0.25) is 0 Å². The summed E-state index contributed by atoms with van der Waals surface area (Å²) < 4.78 is 79.3. The summed E-state index contributed by atoms with van der Waals surface area (Å²) in [6, 6.07) is 10.7. The van der Waals surface area contributed by atoms with Gasteiger partial charge < -0.3 is 14.8 Å². The second-order valence-electron chi connectivity index (χ2n) is 9.26. The number of hydrogen-bond acceptors (Lipinski definition) is 6. The van der Waals surface area contributed by atoms with E-state index in [0.717, 1.165) is 23.0 Å². The topological polar surface area (TPSA) is 85.7 Å². The highest BCUT2D eigenvalue weighted by molar-refractivity contribution is 5.96. The third-order valence-corrected chi connectivity index (χ3v) is 6.73. The van der Waals surface area contributed by atoms with Gasteiger partial charge in [0.05, 0.1) is 36.0 Å². The summed E-state index contributed by atoms with van der Waals surface area (Å²) in [5.41, 5.74) is -1.45. The van der Waals surface area contributed by atoms with E-state index in [-0.39, 0.29) is 33.4 Å². The molecule has 1 fully saturated rings. The molecule has 0 aliphatic carbocycles. The molecule has 41 heavy (non-hydrogen) atoms. The highest BCUT2D eigenvalue weighted by Crippen LogP contribution is 2.33. The molecule has 0 bridgehead atoms. The quantitative estimate of drug-likeness (QED) is 0.330. The van der Waals surface area contributed by atoms with Crippen molar-refractivity contribution >= 4 is 22.5 Å². The lowest BCUT2D eigenvalue weighted by atomic mass is 10.0. The molecule has 3 aromatic carbocycles. The molecule has 0 saturated carbocycles. The van der Waals surface area contributed by atoms with Gasteiger partial charge in [-0.1, -0.05) is 24.3 Å². The van der Waals surface area contributed by atoms with E-state index in [4.69, 9.17) is 4.74 Å². The van der Waals surface area contributed by atoms with Crippen LogP contribution in [0, 0.1) is 11.6 Å². The number of morpholine rings is 1. The lowest BCUT2D eigenvalue weighted by Crippen LogP contribution is -2.47. The summed E-state index contributed by atoms with van der Waals surface area (Å²) in [7, 11) is 0. The van der Waals surface area contributed by atoms with Crippen LogP contribution in [0.25, 0.3) is 27.7 Å². The normalized spacial score (nSPS) is 15.1. The predicted molar refractivity (Wildman–Crippen MR) is 140 cm³/mol. The maximum absolute atomic E-state index is 15.3. The highest BCUT2D eigenvalue weighted by Gasteiger charge is 2.33. The molecule has 2 heterocycles. The van der Waals surface area contributed by atoms with E-state index in [2.05, 4.69) is 15.0 Å². The molecule has 13 heteroatoms. The SMILES string of the molecule is CC(C(=O)Nc1cc(-n2cnc3c(F)c(-c4ccccc4F)ccc3c2=O)ccc1OC(F)(F)F)N1CCOCC1. The lowest BCUT2D eigenvalue weighted by Gasteiger charge is -2.31. The fourth-order valence-electron chi connectivity index (χ4n) is 4.58. The van der Waals surface area contributed by atoms with Gasteiger partial charge in [-0.2, -0.15) is 0 Å². The van der Waals surface area contributed by atoms with Crippen molar-refractivity contribution in [2.75, 3.05) is 31.6 Å². The van der Waals surface area contributed by atoms with Crippen LogP contribution in [0.4, 0.5) is 27.6 Å². The molecule has 1 saturated heterocycles. The number of amides is 1. The summed E-state index contributed by atoms with van der Waals surface area (Å²) >= 11 is 0. The molecule has 0 radical (unpaired) electrons. The molecule has 5 rings (SSSR count). The number of rotatable bonds is 6. The maximum Gasteiger partial charge on any atom is 0.573 e. The number of hydrogen-bond donors (Lipinski definition) is 1. The number of halogens is 5. The van der Waals surface area contributed by atoms with Crippen LogP contribution in [-0.2, 0) is 9.53 Å². The maximum atomic E-state index is 15.3. The Bertz CT molecular complexity index is 1670. The van der Waals surface area contributed by atoms with E-state index < -0.39 is 41.3 Å². The first-order valence-electron chi connectivity index (χ1n) is 12.5. The molecule has 1 unspecified atom stereocenters. The molecular weight excluding hydrogens is 551 g/mol. The third kappa shape index (κ3) is 5.91. The Morgan fingerprint density at radius 1 is 1.05 bits per heavy atom. The third-order valence-electron chi connectivity index (χ3n) is 6.73. The van der Waals surface area contributed by atoms with E-state index in [1.807, 2.05) is 4.90 Å². The Morgan fingerprint density at radius 3 is 2.49 bits per heavy atom. The van der Waals surface area contributed by atoms with Gasteiger partial charge in [-0.15, -0.1) is 13.2 Å². The molecule has 1 atom stereocenters. The van der Waals surface area contributed by atoms with Gasteiger partial charge in [-0.05, 0) is 37.3 Å². The monoisotopic (exact) mass is 574 g/mol. The van der Waals surface area contributed by atoms with Gasteiger partial charge in [-0.25, -0.2) is 13.8 Å².